The fourth-order valence-corrected chi connectivity index (χ4v) is 5.06. The number of alkyl halides is 1. The Labute approximate surface area is 211 Å². The molecule has 2 aromatic rings. The van der Waals surface area contributed by atoms with Gasteiger partial charge in [0.15, 0.2) is 5.82 Å². The highest BCUT2D eigenvalue weighted by Crippen LogP contribution is 2.36. The number of amides is 2. The zero-order chi connectivity index (χ0) is 23.0. The number of nitrogens with one attached hydrogen (secondary N) is 2. The smallest absolute Gasteiger partial charge is 0.270 e. The Morgan fingerprint density at radius 2 is 2.09 bits per heavy atom. The average Bonchev–Trinajstić information content (AvgIpc) is 3.52. The lowest BCUT2D eigenvalue weighted by molar-refractivity contribution is -0.123. The van der Waals surface area contributed by atoms with Crippen LogP contribution < -0.4 is 10.6 Å². The van der Waals surface area contributed by atoms with Crippen LogP contribution in [0.1, 0.15) is 30.3 Å². The fraction of sp³-hybridized carbons (Fsp3) is 0.333. The largest absolute Gasteiger partial charge is 0.352 e. The van der Waals surface area contributed by atoms with Crippen molar-refractivity contribution in [2.75, 3.05) is 0 Å². The third-order valence-corrected chi connectivity index (χ3v) is 7.42. The summed E-state index contributed by atoms with van der Waals surface area (Å²) in [5.74, 6) is 0.0646. The minimum absolute atomic E-state index is 0.0371. The van der Waals surface area contributed by atoms with Crippen molar-refractivity contribution in [3.63, 3.8) is 0 Å². The van der Waals surface area contributed by atoms with E-state index in [1.165, 1.54) is 4.68 Å². The summed E-state index contributed by atoms with van der Waals surface area (Å²) in [6.45, 7) is 1.98. The lowest BCUT2D eigenvalue weighted by atomic mass is 9.93. The van der Waals surface area contributed by atoms with Crippen molar-refractivity contribution in [3.8, 4) is 5.82 Å². The number of hydrogen-bond acceptors (Lipinski definition) is 4. The van der Waals surface area contributed by atoms with Crippen molar-refractivity contribution in [2.45, 2.75) is 36.2 Å². The van der Waals surface area contributed by atoms with Crippen LogP contribution in [0.4, 0.5) is 0 Å². The van der Waals surface area contributed by atoms with E-state index >= 15 is 0 Å². The van der Waals surface area contributed by atoms with Crippen LogP contribution in [0.25, 0.3) is 5.82 Å². The van der Waals surface area contributed by atoms with E-state index in [9.17, 15) is 9.59 Å². The van der Waals surface area contributed by atoms with Crippen molar-refractivity contribution in [3.05, 3.63) is 63.0 Å². The topological polar surface area (TPSA) is 88.9 Å². The van der Waals surface area contributed by atoms with Crippen LogP contribution in [0, 0.1) is 5.92 Å². The van der Waals surface area contributed by atoms with Crippen molar-refractivity contribution >= 4 is 66.9 Å². The van der Waals surface area contributed by atoms with Gasteiger partial charge in [-0.3, -0.25) is 9.59 Å². The molecule has 32 heavy (non-hydrogen) atoms. The molecule has 3 unspecified atom stereocenters. The van der Waals surface area contributed by atoms with Crippen molar-refractivity contribution in [1.82, 2.24) is 25.4 Å². The molecule has 2 amide bonds. The van der Waals surface area contributed by atoms with E-state index in [1.807, 2.05) is 6.92 Å². The van der Waals surface area contributed by atoms with Gasteiger partial charge < -0.3 is 10.6 Å². The lowest BCUT2D eigenvalue weighted by Gasteiger charge is -2.34. The molecule has 0 spiro atoms. The van der Waals surface area contributed by atoms with E-state index in [2.05, 4.69) is 52.6 Å². The number of carbonyl (C=O) groups is 2. The first-order chi connectivity index (χ1) is 15.2. The normalized spacial score (nSPS) is 23.4. The Kier molecular flexibility index (Phi) is 6.81. The summed E-state index contributed by atoms with van der Waals surface area (Å²) < 4.78 is 0.539. The molecule has 11 heteroatoms. The number of hydrogen-bond donors (Lipinski definition) is 2. The number of carbonyl (C=O) groups excluding carboxylic acids is 2. The number of halogens is 4. The summed E-state index contributed by atoms with van der Waals surface area (Å²) in [5.41, 5.74) is 0.202. The molecule has 1 saturated carbocycles. The molecule has 1 fully saturated rings. The summed E-state index contributed by atoms with van der Waals surface area (Å²) in [7, 11) is 0. The van der Waals surface area contributed by atoms with E-state index in [1.54, 1.807) is 42.6 Å². The van der Waals surface area contributed by atoms with Gasteiger partial charge in [0.1, 0.15) is 14.6 Å². The van der Waals surface area contributed by atoms with E-state index in [-0.39, 0.29) is 17.6 Å². The number of aromatic nitrogens is 3. The first-order valence-corrected chi connectivity index (χ1v) is 12.3. The molecule has 0 saturated heterocycles. The fourth-order valence-electron chi connectivity index (χ4n) is 3.48. The predicted molar refractivity (Wildman–Crippen MR) is 130 cm³/mol. The molecule has 3 atom stereocenters. The number of pyridine rings is 1. The van der Waals surface area contributed by atoms with Crippen LogP contribution in [-0.2, 0) is 4.79 Å². The van der Waals surface area contributed by atoms with E-state index in [0.29, 0.717) is 26.4 Å². The predicted octanol–water partition coefficient (Wildman–Crippen LogP) is 4.52. The summed E-state index contributed by atoms with van der Waals surface area (Å²) in [5, 5.41) is 11.0. The van der Waals surface area contributed by atoms with Gasteiger partial charge in [0.2, 0.25) is 5.91 Å². The molecule has 0 aromatic carbocycles. The van der Waals surface area contributed by atoms with Crippen LogP contribution >= 0.6 is 55.1 Å². The van der Waals surface area contributed by atoms with Crippen molar-refractivity contribution in [1.29, 1.82) is 0 Å². The molecular weight excluding hydrogens is 585 g/mol. The maximum Gasteiger partial charge on any atom is 0.270 e. The first kappa shape index (κ1) is 23.5. The molecule has 2 aliphatic carbocycles. The number of allylic oxidation sites excluding steroid dienone is 2. The Hall–Kier alpha value is -1.68. The molecule has 7 nitrogen and oxygen atoms in total. The zero-order valence-electron chi connectivity index (χ0n) is 16.9. The summed E-state index contributed by atoms with van der Waals surface area (Å²) >= 11 is 19.3. The minimum Gasteiger partial charge on any atom is -0.352 e. The molecule has 4 rings (SSSR count). The Bertz CT molecular complexity index is 1130. The second-order valence-electron chi connectivity index (χ2n) is 7.78. The molecule has 2 aliphatic rings. The average molecular weight is 604 g/mol. The van der Waals surface area contributed by atoms with Gasteiger partial charge in [-0.2, -0.15) is 5.10 Å². The maximum absolute atomic E-state index is 13.3. The molecule has 0 bridgehead atoms. The molecular formula is C21H19Br2Cl2N5O2. The van der Waals surface area contributed by atoms with Crippen LogP contribution in [-0.4, -0.2) is 43.0 Å². The van der Waals surface area contributed by atoms with Crippen LogP contribution in [0.2, 0.25) is 5.02 Å². The maximum atomic E-state index is 13.3. The van der Waals surface area contributed by atoms with Gasteiger partial charge in [-0.15, -0.1) is 0 Å². The molecule has 2 heterocycles. The minimum atomic E-state index is -1.25. The summed E-state index contributed by atoms with van der Waals surface area (Å²) in [6.07, 6.45) is 8.68. The van der Waals surface area contributed by atoms with Gasteiger partial charge in [0, 0.05) is 23.3 Å². The Morgan fingerprint density at radius 3 is 2.78 bits per heavy atom. The highest BCUT2D eigenvalue weighted by molar-refractivity contribution is 9.10. The van der Waals surface area contributed by atoms with Gasteiger partial charge in [-0.05, 0) is 65.9 Å². The second kappa shape index (κ2) is 9.29. The lowest BCUT2D eigenvalue weighted by Crippen LogP contribution is -2.57. The van der Waals surface area contributed by atoms with E-state index in [4.69, 9.17) is 23.2 Å². The quantitative estimate of drug-likeness (QED) is 0.475. The van der Waals surface area contributed by atoms with Gasteiger partial charge >= 0.3 is 0 Å². The van der Waals surface area contributed by atoms with Crippen molar-refractivity contribution < 1.29 is 9.59 Å². The van der Waals surface area contributed by atoms with Crippen molar-refractivity contribution in [2.24, 2.45) is 5.92 Å². The van der Waals surface area contributed by atoms with Crippen LogP contribution in [0.15, 0.2) is 52.3 Å². The van der Waals surface area contributed by atoms with Crippen LogP contribution in [0.5, 0.6) is 0 Å². The number of nitrogens with zero attached hydrogens (tertiary/aromatic N) is 3. The Morgan fingerprint density at radius 1 is 1.34 bits per heavy atom. The monoisotopic (exact) mass is 601 g/mol. The molecule has 0 aliphatic heterocycles. The second-order valence-corrected chi connectivity index (χ2v) is 10.7. The summed E-state index contributed by atoms with van der Waals surface area (Å²) in [6, 6.07) is 4.24. The zero-order valence-corrected chi connectivity index (χ0v) is 21.5. The standard InChI is InChI=1S/C21H19Br2Cl2N5O2/c1-11(12-4-5-12)27-20(32)21(23)10-13(24)6-7-16(21)28-19(31)15-9-17(22)29-30(15)18-14(25)3-2-8-26-18/h2-3,6-12,16H,4-5H2,1H3,(H,27,32)(H,28,31). The van der Waals surface area contributed by atoms with Crippen LogP contribution in [0.3, 0.4) is 0 Å². The third-order valence-electron chi connectivity index (χ3n) is 5.42. The number of rotatable bonds is 6. The van der Waals surface area contributed by atoms with Gasteiger partial charge in [-0.25, -0.2) is 9.67 Å². The van der Waals surface area contributed by atoms with E-state index < -0.39 is 16.3 Å². The first-order valence-electron chi connectivity index (χ1n) is 9.93. The highest BCUT2D eigenvalue weighted by Gasteiger charge is 2.45. The Balaban J connectivity index is 1.60. The SMILES string of the molecule is CC(NC(=O)C1(Br)C=C(Cl)C=CC1NC(=O)c1cc(Br)nn1-c1ncccc1Cl)C1CC1. The van der Waals surface area contributed by atoms with Gasteiger partial charge in [0.05, 0.1) is 11.1 Å². The third kappa shape index (κ3) is 4.81. The molecule has 2 N–H and O–H groups in total. The van der Waals surface area contributed by atoms with Gasteiger partial charge in [-0.1, -0.05) is 45.2 Å². The van der Waals surface area contributed by atoms with Gasteiger partial charge in [0.25, 0.3) is 5.91 Å². The highest BCUT2D eigenvalue weighted by atomic mass is 79.9. The van der Waals surface area contributed by atoms with E-state index in [0.717, 1.165) is 12.8 Å². The molecule has 0 radical (unpaired) electrons. The summed E-state index contributed by atoms with van der Waals surface area (Å²) in [4.78, 5) is 30.7. The molecule has 2 aromatic heterocycles. The molecule has 168 valence electrons.